The standard InChI is InChI=1S/C19H21NO5/c1-12-11-24-16(10-17(21)22)18(12)19(23)20-13-5-4-8-15(9-13)25-14-6-2-3-7-14/h4-5,8-9,11,14H,2-3,6-7,10H2,1H3,(H,20,23)(H,21,22). The smallest absolute Gasteiger partial charge is 0.311 e. The lowest BCUT2D eigenvalue weighted by Crippen LogP contribution is -2.16. The summed E-state index contributed by atoms with van der Waals surface area (Å²) in [6.07, 6.45) is 5.80. The zero-order valence-electron chi connectivity index (χ0n) is 14.1. The number of carboxylic acid groups (broad SMARTS) is 1. The number of ether oxygens (including phenoxy) is 1. The summed E-state index contributed by atoms with van der Waals surface area (Å²) >= 11 is 0. The highest BCUT2D eigenvalue weighted by Crippen LogP contribution is 2.26. The van der Waals surface area contributed by atoms with Crippen LogP contribution in [0.4, 0.5) is 5.69 Å². The van der Waals surface area contributed by atoms with E-state index in [0.717, 1.165) is 18.6 Å². The van der Waals surface area contributed by atoms with Crippen LogP contribution in [-0.4, -0.2) is 23.1 Å². The molecule has 0 radical (unpaired) electrons. The minimum absolute atomic E-state index is 0.154. The zero-order chi connectivity index (χ0) is 17.8. The van der Waals surface area contributed by atoms with Gasteiger partial charge in [-0.15, -0.1) is 0 Å². The van der Waals surface area contributed by atoms with E-state index in [1.165, 1.54) is 19.1 Å². The molecule has 1 aromatic heterocycles. The molecule has 1 aliphatic rings. The van der Waals surface area contributed by atoms with E-state index in [1.807, 2.05) is 12.1 Å². The molecular weight excluding hydrogens is 322 g/mol. The summed E-state index contributed by atoms with van der Waals surface area (Å²) in [7, 11) is 0. The van der Waals surface area contributed by atoms with Crippen molar-refractivity contribution in [1.82, 2.24) is 0 Å². The van der Waals surface area contributed by atoms with Gasteiger partial charge in [-0.2, -0.15) is 0 Å². The third kappa shape index (κ3) is 4.21. The number of aryl methyl sites for hydroxylation is 1. The number of rotatable bonds is 6. The van der Waals surface area contributed by atoms with Crippen LogP contribution in [0.1, 0.15) is 47.4 Å². The Morgan fingerprint density at radius 3 is 2.80 bits per heavy atom. The summed E-state index contributed by atoms with van der Waals surface area (Å²) < 4.78 is 11.2. The Morgan fingerprint density at radius 2 is 2.08 bits per heavy atom. The lowest BCUT2D eigenvalue weighted by molar-refractivity contribution is -0.136. The number of furan rings is 1. The number of carboxylic acids is 1. The molecule has 1 aliphatic carbocycles. The molecule has 0 aliphatic heterocycles. The molecule has 6 heteroatoms. The number of aliphatic carboxylic acids is 1. The van der Waals surface area contributed by atoms with Gasteiger partial charge in [0.2, 0.25) is 0 Å². The fourth-order valence-corrected chi connectivity index (χ4v) is 3.11. The van der Waals surface area contributed by atoms with Crippen molar-refractivity contribution < 1.29 is 23.8 Å². The average Bonchev–Trinajstić information content (AvgIpc) is 3.17. The molecule has 0 saturated heterocycles. The van der Waals surface area contributed by atoms with E-state index >= 15 is 0 Å². The highest BCUT2D eigenvalue weighted by Gasteiger charge is 2.21. The van der Waals surface area contributed by atoms with Crippen LogP contribution in [-0.2, 0) is 11.2 Å². The predicted molar refractivity (Wildman–Crippen MR) is 92.1 cm³/mol. The second-order valence-electron chi connectivity index (χ2n) is 6.29. The summed E-state index contributed by atoms with van der Waals surface area (Å²) in [5.41, 5.74) is 1.47. The van der Waals surface area contributed by atoms with Crippen LogP contribution in [0.2, 0.25) is 0 Å². The van der Waals surface area contributed by atoms with Gasteiger partial charge in [0.25, 0.3) is 5.91 Å². The third-order valence-corrected chi connectivity index (χ3v) is 4.29. The Labute approximate surface area is 145 Å². The van der Waals surface area contributed by atoms with E-state index in [2.05, 4.69) is 5.32 Å². The Morgan fingerprint density at radius 1 is 1.32 bits per heavy atom. The second kappa shape index (κ2) is 7.42. The van der Waals surface area contributed by atoms with Crippen LogP contribution in [0.15, 0.2) is 34.9 Å². The molecule has 1 amide bonds. The summed E-state index contributed by atoms with van der Waals surface area (Å²) in [5.74, 6) is -0.559. The molecule has 0 bridgehead atoms. The van der Waals surface area contributed by atoms with Gasteiger partial charge >= 0.3 is 5.97 Å². The summed E-state index contributed by atoms with van der Waals surface area (Å²) in [6.45, 7) is 1.71. The predicted octanol–water partition coefficient (Wildman–Crippen LogP) is 3.79. The number of nitrogens with one attached hydrogen (secondary N) is 1. The minimum atomic E-state index is -1.05. The van der Waals surface area contributed by atoms with E-state index in [4.69, 9.17) is 14.3 Å². The van der Waals surface area contributed by atoms with Crippen LogP contribution in [0.25, 0.3) is 0 Å². The molecular formula is C19H21NO5. The number of hydrogen-bond acceptors (Lipinski definition) is 4. The van der Waals surface area contributed by atoms with Gasteiger partial charge in [-0.3, -0.25) is 9.59 Å². The Balaban J connectivity index is 1.73. The first-order valence-electron chi connectivity index (χ1n) is 8.40. The monoisotopic (exact) mass is 343 g/mol. The quantitative estimate of drug-likeness (QED) is 0.833. The van der Waals surface area contributed by atoms with E-state index in [9.17, 15) is 9.59 Å². The molecule has 1 saturated carbocycles. The van der Waals surface area contributed by atoms with Crippen molar-refractivity contribution in [2.24, 2.45) is 0 Å². The van der Waals surface area contributed by atoms with Gasteiger partial charge in [-0.05, 0) is 44.7 Å². The van der Waals surface area contributed by atoms with Gasteiger partial charge < -0.3 is 19.6 Å². The average molecular weight is 343 g/mol. The molecule has 6 nitrogen and oxygen atoms in total. The first kappa shape index (κ1) is 17.1. The van der Waals surface area contributed by atoms with Crippen molar-refractivity contribution in [1.29, 1.82) is 0 Å². The first-order chi connectivity index (χ1) is 12.0. The van der Waals surface area contributed by atoms with Crippen molar-refractivity contribution in [3.8, 4) is 5.75 Å². The van der Waals surface area contributed by atoms with Crippen molar-refractivity contribution in [3.63, 3.8) is 0 Å². The molecule has 0 atom stereocenters. The van der Waals surface area contributed by atoms with Gasteiger partial charge in [0.05, 0.1) is 17.9 Å². The molecule has 0 unspecified atom stereocenters. The van der Waals surface area contributed by atoms with Gasteiger partial charge in [0.15, 0.2) is 0 Å². The number of anilines is 1. The van der Waals surface area contributed by atoms with Crippen molar-refractivity contribution in [3.05, 3.63) is 47.4 Å². The van der Waals surface area contributed by atoms with Crippen LogP contribution in [0.5, 0.6) is 5.75 Å². The van der Waals surface area contributed by atoms with Gasteiger partial charge in [0, 0.05) is 17.3 Å². The van der Waals surface area contributed by atoms with Crippen molar-refractivity contribution >= 4 is 17.6 Å². The van der Waals surface area contributed by atoms with Crippen molar-refractivity contribution in [2.45, 2.75) is 45.1 Å². The number of benzene rings is 1. The Bertz CT molecular complexity index is 774. The highest BCUT2D eigenvalue weighted by molar-refractivity contribution is 6.06. The molecule has 132 valence electrons. The van der Waals surface area contributed by atoms with Crippen LogP contribution in [0, 0.1) is 6.92 Å². The second-order valence-corrected chi connectivity index (χ2v) is 6.29. The molecule has 3 rings (SSSR count). The first-order valence-corrected chi connectivity index (χ1v) is 8.40. The minimum Gasteiger partial charge on any atom is -0.490 e. The molecule has 1 aromatic carbocycles. The summed E-state index contributed by atoms with van der Waals surface area (Å²) in [4.78, 5) is 23.5. The van der Waals surface area contributed by atoms with E-state index in [0.29, 0.717) is 11.3 Å². The number of carbonyl (C=O) groups is 2. The third-order valence-electron chi connectivity index (χ3n) is 4.29. The maximum atomic E-state index is 12.5. The lowest BCUT2D eigenvalue weighted by Gasteiger charge is -2.14. The van der Waals surface area contributed by atoms with Crippen LogP contribution < -0.4 is 10.1 Å². The lowest BCUT2D eigenvalue weighted by atomic mass is 10.1. The van der Waals surface area contributed by atoms with E-state index in [1.54, 1.807) is 19.1 Å². The van der Waals surface area contributed by atoms with Crippen LogP contribution >= 0.6 is 0 Å². The normalized spacial score (nSPS) is 14.4. The number of hydrogen-bond donors (Lipinski definition) is 2. The van der Waals surface area contributed by atoms with Gasteiger partial charge in [-0.25, -0.2) is 0 Å². The molecule has 2 aromatic rings. The maximum Gasteiger partial charge on any atom is 0.311 e. The van der Waals surface area contributed by atoms with Gasteiger partial charge in [-0.1, -0.05) is 6.07 Å². The van der Waals surface area contributed by atoms with E-state index < -0.39 is 5.97 Å². The molecule has 1 heterocycles. The fourth-order valence-electron chi connectivity index (χ4n) is 3.11. The fraction of sp³-hybridized carbons (Fsp3) is 0.368. The summed E-state index contributed by atoms with van der Waals surface area (Å²) in [6, 6.07) is 7.24. The zero-order valence-corrected chi connectivity index (χ0v) is 14.1. The Hall–Kier alpha value is -2.76. The highest BCUT2D eigenvalue weighted by atomic mass is 16.5. The largest absolute Gasteiger partial charge is 0.490 e. The Kier molecular flexibility index (Phi) is 5.07. The van der Waals surface area contributed by atoms with E-state index in [-0.39, 0.29) is 29.8 Å². The molecule has 2 N–H and O–H groups in total. The molecule has 1 fully saturated rings. The topological polar surface area (TPSA) is 88.8 Å². The maximum absolute atomic E-state index is 12.5. The SMILES string of the molecule is Cc1coc(CC(=O)O)c1C(=O)Nc1cccc(OC2CCCC2)c1. The van der Waals surface area contributed by atoms with Gasteiger partial charge in [0.1, 0.15) is 17.9 Å². The molecule has 25 heavy (non-hydrogen) atoms. The number of carbonyl (C=O) groups excluding carboxylic acids is 1. The van der Waals surface area contributed by atoms with Crippen LogP contribution in [0.3, 0.4) is 0 Å². The number of amides is 1. The van der Waals surface area contributed by atoms with Crippen molar-refractivity contribution in [2.75, 3.05) is 5.32 Å². The molecule has 0 spiro atoms. The summed E-state index contributed by atoms with van der Waals surface area (Å²) in [5, 5.41) is 11.7.